The Bertz CT molecular complexity index is 359. The zero-order valence-electron chi connectivity index (χ0n) is 10.00. The van der Waals surface area contributed by atoms with E-state index in [0.29, 0.717) is 5.02 Å². The Labute approximate surface area is 102 Å². The number of benzene rings is 1. The van der Waals surface area contributed by atoms with Crippen molar-refractivity contribution < 1.29 is 0 Å². The largest absolute Gasteiger partial charge is 0.359 e. The lowest BCUT2D eigenvalue weighted by Crippen LogP contribution is -2.28. The summed E-state index contributed by atoms with van der Waals surface area (Å²) in [5.74, 6) is 0.963. The molecule has 0 fully saturated rings. The maximum absolute atomic E-state index is 6.01. The number of rotatable bonds is 4. The number of nitrogens with zero attached hydrogens (tertiary/aromatic N) is 2. The van der Waals surface area contributed by atoms with Crippen LogP contribution in [0.1, 0.15) is 20.8 Å². The van der Waals surface area contributed by atoms with E-state index in [0.717, 1.165) is 24.6 Å². The molecule has 4 heteroatoms. The van der Waals surface area contributed by atoms with Crippen LogP contribution in [-0.4, -0.2) is 23.8 Å². The summed E-state index contributed by atoms with van der Waals surface area (Å²) in [6.45, 7) is 8.11. The van der Waals surface area contributed by atoms with Crippen molar-refractivity contribution in [2.24, 2.45) is 5.10 Å². The normalized spacial score (nSPS) is 11.4. The van der Waals surface area contributed by atoms with Gasteiger partial charge in [-0.15, -0.1) is 0 Å². The van der Waals surface area contributed by atoms with E-state index in [-0.39, 0.29) is 0 Å². The highest BCUT2D eigenvalue weighted by atomic mass is 35.5. The molecule has 1 rings (SSSR count). The first-order chi connectivity index (χ1) is 7.69. The topological polar surface area (TPSA) is 27.6 Å². The van der Waals surface area contributed by atoms with Gasteiger partial charge in [-0.2, -0.15) is 5.10 Å². The second-order valence-electron chi connectivity index (χ2n) is 3.42. The number of hydrogen-bond donors (Lipinski definition) is 1. The Balaban J connectivity index is 2.69. The smallest absolute Gasteiger partial charge is 0.122 e. The Kier molecular flexibility index (Phi) is 5.12. The number of amidine groups is 1. The number of para-hydroxylation sites is 1. The molecule has 0 aliphatic rings. The van der Waals surface area contributed by atoms with Gasteiger partial charge >= 0.3 is 0 Å². The maximum atomic E-state index is 6.01. The lowest BCUT2D eigenvalue weighted by molar-refractivity contribution is 0.462. The molecule has 0 saturated heterocycles. The monoisotopic (exact) mass is 239 g/mol. The van der Waals surface area contributed by atoms with Crippen LogP contribution >= 0.6 is 11.6 Å². The highest BCUT2D eigenvalue weighted by Gasteiger charge is 2.01. The third-order valence-electron chi connectivity index (χ3n) is 2.43. The van der Waals surface area contributed by atoms with E-state index in [1.165, 1.54) is 0 Å². The highest BCUT2D eigenvalue weighted by Crippen LogP contribution is 2.20. The molecular weight excluding hydrogens is 222 g/mol. The molecule has 0 aliphatic heterocycles. The minimum atomic E-state index is 0.679. The van der Waals surface area contributed by atoms with Crippen molar-refractivity contribution >= 4 is 23.1 Å². The van der Waals surface area contributed by atoms with Gasteiger partial charge in [0.25, 0.3) is 0 Å². The number of halogens is 1. The summed E-state index contributed by atoms with van der Waals surface area (Å²) in [7, 11) is 0. The number of hydrazone groups is 1. The zero-order valence-corrected chi connectivity index (χ0v) is 10.8. The van der Waals surface area contributed by atoms with Crippen LogP contribution < -0.4 is 5.43 Å². The third kappa shape index (κ3) is 3.42. The molecule has 1 aromatic carbocycles. The van der Waals surface area contributed by atoms with Gasteiger partial charge in [0.2, 0.25) is 0 Å². The minimum absolute atomic E-state index is 0.679. The quantitative estimate of drug-likeness (QED) is 0.495. The number of anilines is 1. The summed E-state index contributed by atoms with van der Waals surface area (Å²) in [5.41, 5.74) is 3.81. The van der Waals surface area contributed by atoms with Gasteiger partial charge in [0.1, 0.15) is 5.84 Å². The van der Waals surface area contributed by atoms with Gasteiger partial charge in [-0.3, -0.25) is 5.43 Å². The molecule has 0 amide bonds. The summed E-state index contributed by atoms with van der Waals surface area (Å²) >= 11 is 6.01. The molecule has 0 heterocycles. The molecule has 0 radical (unpaired) electrons. The number of nitrogens with one attached hydrogen (secondary N) is 1. The number of hydrogen-bond acceptors (Lipinski definition) is 2. The summed E-state index contributed by atoms with van der Waals surface area (Å²) in [5, 5.41) is 4.98. The predicted octanol–water partition coefficient (Wildman–Crippen LogP) is 3.43. The van der Waals surface area contributed by atoms with Gasteiger partial charge in [0.15, 0.2) is 0 Å². The Morgan fingerprint density at radius 3 is 2.50 bits per heavy atom. The van der Waals surface area contributed by atoms with Crippen molar-refractivity contribution in [3.8, 4) is 0 Å². The lowest BCUT2D eigenvalue weighted by Gasteiger charge is -2.20. The van der Waals surface area contributed by atoms with Crippen LogP contribution in [0.5, 0.6) is 0 Å². The molecule has 0 aliphatic carbocycles. The van der Waals surface area contributed by atoms with Crippen molar-refractivity contribution in [1.82, 2.24) is 4.90 Å². The van der Waals surface area contributed by atoms with Gasteiger partial charge in [0.05, 0.1) is 10.7 Å². The highest BCUT2D eigenvalue weighted by molar-refractivity contribution is 6.33. The van der Waals surface area contributed by atoms with Crippen LogP contribution in [0.25, 0.3) is 0 Å². The predicted molar refractivity (Wildman–Crippen MR) is 71.1 cm³/mol. The molecule has 0 unspecified atom stereocenters. The molecule has 1 N–H and O–H groups in total. The first-order valence-electron chi connectivity index (χ1n) is 5.48. The molecular formula is C12H18ClN3. The van der Waals surface area contributed by atoms with Crippen molar-refractivity contribution in [3.05, 3.63) is 29.3 Å². The van der Waals surface area contributed by atoms with Crippen molar-refractivity contribution in [1.29, 1.82) is 0 Å². The molecule has 0 spiro atoms. The Morgan fingerprint density at radius 1 is 1.31 bits per heavy atom. The molecule has 16 heavy (non-hydrogen) atoms. The van der Waals surface area contributed by atoms with Gasteiger partial charge < -0.3 is 4.90 Å². The van der Waals surface area contributed by atoms with E-state index in [4.69, 9.17) is 11.6 Å². The molecule has 0 bridgehead atoms. The van der Waals surface area contributed by atoms with E-state index in [2.05, 4.69) is 29.3 Å². The molecule has 88 valence electrons. The van der Waals surface area contributed by atoms with Crippen molar-refractivity contribution in [3.63, 3.8) is 0 Å². The molecule has 1 aromatic rings. The van der Waals surface area contributed by atoms with Crippen LogP contribution in [0, 0.1) is 0 Å². The van der Waals surface area contributed by atoms with Gasteiger partial charge in [-0.05, 0) is 32.9 Å². The van der Waals surface area contributed by atoms with E-state index < -0.39 is 0 Å². The fraction of sp³-hybridized carbons (Fsp3) is 0.417. The second kappa shape index (κ2) is 6.38. The fourth-order valence-corrected chi connectivity index (χ4v) is 1.62. The van der Waals surface area contributed by atoms with E-state index in [9.17, 15) is 0 Å². The molecule has 0 aromatic heterocycles. The summed E-state index contributed by atoms with van der Waals surface area (Å²) < 4.78 is 0. The van der Waals surface area contributed by atoms with Crippen molar-refractivity contribution in [2.45, 2.75) is 20.8 Å². The van der Waals surface area contributed by atoms with E-state index in [1.807, 2.05) is 31.2 Å². The summed E-state index contributed by atoms with van der Waals surface area (Å²) in [6.07, 6.45) is 0. The minimum Gasteiger partial charge on any atom is -0.359 e. The third-order valence-corrected chi connectivity index (χ3v) is 2.76. The molecule has 0 saturated carbocycles. The van der Waals surface area contributed by atoms with Crippen molar-refractivity contribution in [2.75, 3.05) is 18.5 Å². The maximum Gasteiger partial charge on any atom is 0.122 e. The van der Waals surface area contributed by atoms with Gasteiger partial charge in [-0.1, -0.05) is 23.7 Å². The summed E-state index contributed by atoms with van der Waals surface area (Å²) in [4.78, 5) is 2.17. The summed E-state index contributed by atoms with van der Waals surface area (Å²) in [6, 6.07) is 7.57. The van der Waals surface area contributed by atoms with Crippen LogP contribution in [-0.2, 0) is 0 Å². The van der Waals surface area contributed by atoms with Gasteiger partial charge in [0, 0.05) is 13.1 Å². The Hall–Kier alpha value is -1.22. The first kappa shape index (κ1) is 12.8. The molecule has 0 atom stereocenters. The van der Waals surface area contributed by atoms with E-state index in [1.54, 1.807) is 0 Å². The first-order valence-corrected chi connectivity index (χ1v) is 5.86. The van der Waals surface area contributed by atoms with Crippen LogP contribution in [0.2, 0.25) is 5.02 Å². The standard InChI is InChI=1S/C12H18ClN3/c1-4-16(5-2)10(3)14-15-12-9-7-6-8-11(12)13/h6-9,15H,4-5H2,1-3H3/b14-10+. The second-order valence-corrected chi connectivity index (χ2v) is 3.83. The van der Waals surface area contributed by atoms with E-state index >= 15 is 0 Å². The van der Waals surface area contributed by atoms with Crippen LogP contribution in [0.4, 0.5) is 5.69 Å². The van der Waals surface area contributed by atoms with Crippen LogP contribution in [0.3, 0.4) is 0 Å². The average Bonchev–Trinajstić information content (AvgIpc) is 2.29. The lowest BCUT2D eigenvalue weighted by atomic mass is 10.3. The SMILES string of the molecule is CCN(CC)/C(C)=N/Nc1ccccc1Cl. The average molecular weight is 240 g/mol. The van der Waals surface area contributed by atoms with Crippen LogP contribution in [0.15, 0.2) is 29.4 Å². The molecule has 3 nitrogen and oxygen atoms in total. The zero-order chi connectivity index (χ0) is 12.0. The fourth-order valence-electron chi connectivity index (χ4n) is 1.44. The Morgan fingerprint density at radius 2 is 1.94 bits per heavy atom. The van der Waals surface area contributed by atoms with Gasteiger partial charge in [-0.25, -0.2) is 0 Å².